The number of carbonyl (C=O) groups excluding carboxylic acids is 2. The maximum Gasteiger partial charge on any atom is 0.256 e. The van der Waals surface area contributed by atoms with E-state index in [0.29, 0.717) is 27.5 Å². The van der Waals surface area contributed by atoms with Gasteiger partial charge in [-0.2, -0.15) is 0 Å². The molecule has 0 aliphatic rings. The summed E-state index contributed by atoms with van der Waals surface area (Å²) in [7, 11) is 0. The lowest BCUT2D eigenvalue weighted by atomic mass is 10.2. The van der Waals surface area contributed by atoms with Gasteiger partial charge in [-0.05, 0) is 83.3 Å². The van der Waals surface area contributed by atoms with Crippen LogP contribution < -0.4 is 10.6 Å². The van der Waals surface area contributed by atoms with Crippen molar-refractivity contribution in [3.8, 4) is 0 Å². The third-order valence-corrected chi connectivity index (χ3v) is 5.33. The van der Waals surface area contributed by atoms with Crippen molar-refractivity contribution in [3.05, 3.63) is 90.9 Å². The normalized spacial score (nSPS) is 10.3. The molecule has 0 saturated heterocycles. The second-order valence-electron chi connectivity index (χ2n) is 5.62. The van der Waals surface area contributed by atoms with E-state index in [2.05, 4.69) is 49.2 Å². The molecule has 0 aliphatic heterocycles. The summed E-state index contributed by atoms with van der Waals surface area (Å²) in [4.78, 5) is 24.7. The number of carbonyl (C=O) groups is 2. The molecule has 3 aromatic carbocycles. The molecule has 0 fully saturated rings. The Kier molecular flexibility index (Phi) is 6.51. The molecule has 2 N–H and O–H groups in total. The number of amides is 2. The molecular formula is C20H13BrClIN2O2. The van der Waals surface area contributed by atoms with Gasteiger partial charge in [0.15, 0.2) is 0 Å². The standard InChI is InChI=1S/C20H13BrClIN2O2/c21-13-4-9-18(23)17(11-13)20(27)25-16-7-5-15(6-8-16)24-19(26)12-2-1-3-14(22)10-12/h1-11H,(H,24,26)(H,25,27). The summed E-state index contributed by atoms with van der Waals surface area (Å²) in [6.07, 6.45) is 0. The van der Waals surface area contributed by atoms with E-state index in [0.717, 1.165) is 8.04 Å². The van der Waals surface area contributed by atoms with Gasteiger partial charge in [-0.1, -0.05) is 33.6 Å². The van der Waals surface area contributed by atoms with Crippen LogP contribution >= 0.6 is 50.1 Å². The molecule has 0 spiro atoms. The van der Waals surface area contributed by atoms with E-state index in [1.807, 2.05) is 12.1 Å². The van der Waals surface area contributed by atoms with E-state index in [4.69, 9.17) is 11.6 Å². The summed E-state index contributed by atoms with van der Waals surface area (Å²) in [6.45, 7) is 0. The van der Waals surface area contributed by atoms with Gasteiger partial charge in [0.05, 0.1) is 5.56 Å². The van der Waals surface area contributed by atoms with Crippen molar-refractivity contribution in [2.24, 2.45) is 0 Å². The van der Waals surface area contributed by atoms with E-state index < -0.39 is 0 Å². The predicted octanol–water partition coefficient (Wildman–Crippen LogP) is 6.21. The van der Waals surface area contributed by atoms with E-state index in [-0.39, 0.29) is 11.8 Å². The van der Waals surface area contributed by atoms with Gasteiger partial charge < -0.3 is 10.6 Å². The van der Waals surface area contributed by atoms with Crippen LogP contribution in [0.3, 0.4) is 0 Å². The molecule has 136 valence electrons. The third kappa shape index (κ3) is 5.31. The van der Waals surface area contributed by atoms with Crippen LogP contribution in [0.2, 0.25) is 5.02 Å². The topological polar surface area (TPSA) is 58.2 Å². The Morgan fingerprint density at radius 2 is 1.48 bits per heavy atom. The minimum absolute atomic E-state index is 0.198. The number of hydrogen-bond donors (Lipinski definition) is 2. The first kappa shape index (κ1) is 19.9. The highest BCUT2D eigenvalue weighted by Crippen LogP contribution is 2.21. The highest BCUT2D eigenvalue weighted by atomic mass is 127. The Balaban J connectivity index is 1.67. The molecule has 0 radical (unpaired) electrons. The Hall–Kier alpha value is -1.90. The first-order valence-electron chi connectivity index (χ1n) is 7.86. The van der Waals surface area contributed by atoms with Gasteiger partial charge in [-0.15, -0.1) is 0 Å². The zero-order valence-corrected chi connectivity index (χ0v) is 18.3. The number of benzene rings is 3. The highest BCUT2D eigenvalue weighted by Gasteiger charge is 2.11. The minimum atomic E-state index is -0.252. The predicted molar refractivity (Wildman–Crippen MR) is 121 cm³/mol. The van der Waals surface area contributed by atoms with Crippen LogP contribution in [-0.2, 0) is 0 Å². The molecular weight excluding hydrogens is 542 g/mol. The fraction of sp³-hybridized carbons (Fsp3) is 0. The lowest BCUT2D eigenvalue weighted by molar-refractivity contribution is 0.101. The molecule has 0 aliphatic carbocycles. The Morgan fingerprint density at radius 3 is 2.11 bits per heavy atom. The van der Waals surface area contributed by atoms with Crippen LogP contribution in [0.1, 0.15) is 20.7 Å². The molecule has 3 rings (SSSR count). The van der Waals surface area contributed by atoms with Crippen molar-refractivity contribution in [2.45, 2.75) is 0 Å². The van der Waals surface area contributed by atoms with E-state index >= 15 is 0 Å². The summed E-state index contributed by atoms with van der Waals surface area (Å²) in [6, 6.07) is 19.2. The molecule has 0 heterocycles. The van der Waals surface area contributed by atoms with E-state index in [9.17, 15) is 9.59 Å². The molecule has 0 saturated carbocycles. The summed E-state index contributed by atoms with van der Waals surface area (Å²) >= 11 is 11.4. The zero-order valence-electron chi connectivity index (χ0n) is 13.8. The van der Waals surface area contributed by atoms with Gasteiger partial charge in [0.25, 0.3) is 11.8 Å². The van der Waals surface area contributed by atoms with Crippen LogP contribution in [0, 0.1) is 3.57 Å². The van der Waals surface area contributed by atoms with Crippen molar-refractivity contribution in [1.29, 1.82) is 0 Å². The largest absolute Gasteiger partial charge is 0.322 e. The number of nitrogens with one attached hydrogen (secondary N) is 2. The fourth-order valence-electron chi connectivity index (χ4n) is 2.34. The maximum atomic E-state index is 12.4. The molecule has 0 aromatic heterocycles. The van der Waals surface area contributed by atoms with Gasteiger partial charge >= 0.3 is 0 Å². The van der Waals surface area contributed by atoms with Gasteiger partial charge in [0, 0.05) is 30.0 Å². The highest BCUT2D eigenvalue weighted by molar-refractivity contribution is 14.1. The first-order chi connectivity index (χ1) is 12.9. The number of anilines is 2. The van der Waals surface area contributed by atoms with Gasteiger partial charge in [-0.25, -0.2) is 0 Å². The maximum absolute atomic E-state index is 12.4. The molecule has 4 nitrogen and oxygen atoms in total. The minimum Gasteiger partial charge on any atom is -0.322 e. The van der Waals surface area contributed by atoms with Crippen molar-refractivity contribution in [3.63, 3.8) is 0 Å². The molecule has 7 heteroatoms. The van der Waals surface area contributed by atoms with E-state index in [1.165, 1.54) is 0 Å². The van der Waals surface area contributed by atoms with Crippen molar-refractivity contribution in [2.75, 3.05) is 10.6 Å². The molecule has 2 amide bonds. The summed E-state index contributed by atoms with van der Waals surface area (Å²) in [5.41, 5.74) is 2.32. The summed E-state index contributed by atoms with van der Waals surface area (Å²) < 4.78 is 1.70. The van der Waals surface area contributed by atoms with E-state index in [1.54, 1.807) is 54.6 Å². The molecule has 0 unspecified atom stereocenters. The van der Waals surface area contributed by atoms with Crippen LogP contribution in [0.4, 0.5) is 11.4 Å². The van der Waals surface area contributed by atoms with Crippen molar-refractivity contribution >= 4 is 73.3 Å². The van der Waals surface area contributed by atoms with Gasteiger partial charge in [0.1, 0.15) is 0 Å². The fourth-order valence-corrected chi connectivity index (χ4v) is 3.47. The second kappa shape index (κ2) is 8.86. The lowest BCUT2D eigenvalue weighted by Gasteiger charge is -2.09. The second-order valence-corrected chi connectivity index (χ2v) is 8.13. The zero-order chi connectivity index (χ0) is 19.4. The Bertz CT molecular complexity index is 1010. The summed E-state index contributed by atoms with van der Waals surface area (Å²) in [5, 5.41) is 6.15. The quantitative estimate of drug-likeness (QED) is 0.376. The van der Waals surface area contributed by atoms with Crippen LogP contribution in [0.5, 0.6) is 0 Å². The number of halogens is 3. The monoisotopic (exact) mass is 554 g/mol. The van der Waals surface area contributed by atoms with Gasteiger partial charge in [-0.3, -0.25) is 9.59 Å². The molecule has 0 atom stereocenters. The molecule has 27 heavy (non-hydrogen) atoms. The van der Waals surface area contributed by atoms with Crippen LogP contribution in [-0.4, -0.2) is 11.8 Å². The first-order valence-corrected chi connectivity index (χ1v) is 10.1. The molecule has 0 bridgehead atoms. The number of rotatable bonds is 4. The Morgan fingerprint density at radius 1 is 0.852 bits per heavy atom. The average molecular weight is 556 g/mol. The number of hydrogen-bond acceptors (Lipinski definition) is 2. The van der Waals surface area contributed by atoms with Gasteiger partial charge in [0.2, 0.25) is 0 Å². The van der Waals surface area contributed by atoms with Crippen molar-refractivity contribution < 1.29 is 9.59 Å². The molecule has 3 aromatic rings. The van der Waals surface area contributed by atoms with Crippen LogP contribution in [0.15, 0.2) is 71.2 Å². The lowest BCUT2D eigenvalue weighted by Crippen LogP contribution is -2.14. The smallest absolute Gasteiger partial charge is 0.256 e. The van der Waals surface area contributed by atoms with Crippen LogP contribution in [0.25, 0.3) is 0 Å². The summed E-state index contributed by atoms with van der Waals surface area (Å²) in [5.74, 6) is -0.450. The van der Waals surface area contributed by atoms with Crippen molar-refractivity contribution in [1.82, 2.24) is 0 Å². The Labute approximate surface area is 183 Å². The third-order valence-electron chi connectivity index (χ3n) is 3.66. The average Bonchev–Trinajstić information content (AvgIpc) is 2.65. The SMILES string of the molecule is O=C(Nc1ccc(NC(=O)c2cc(Br)ccc2I)cc1)c1cccc(Cl)c1.